The van der Waals surface area contributed by atoms with Crippen molar-refractivity contribution < 1.29 is 0 Å². The first kappa shape index (κ1) is 12.5. The molecule has 0 atom stereocenters. The average molecular weight is 234 g/mol. The molecule has 0 saturated carbocycles. The SMILES string of the molecule is c1cncc(CCNCCN2CCNCC2)c1. The Kier molecular flexibility index (Phi) is 5.42. The molecule has 4 heteroatoms. The van der Waals surface area contributed by atoms with Gasteiger partial charge in [-0.25, -0.2) is 0 Å². The molecule has 1 aromatic heterocycles. The van der Waals surface area contributed by atoms with Crippen molar-refractivity contribution in [2.45, 2.75) is 6.42 Å². The first-order valence-electron chi connectivity index (χ1n) is 6.48. The van der Waals surface area contributed by atoms with Crippen molar-refractivity contribution in [3.8, 4) is 0 Å². The fraction of sp³-hybridized carbons (Fsp3) is 0.615. The van der Waals surface area contributed by atoms with Gasteiger partial charge in [0.05, 0.1) is 0 Å². The second kappa shape index (κ2) is 7.37. The standard InChI is InChI=1S/C13H22N4/c1-2-13(12-16-4-1)3-5-14-6-9-17-10-7-15-8-11-17/h1-2,4,12,14-15H,3,5-11H2. The van der Waals surface area contributed by atoms with Crippen LogP contribution in [0.1, 0.15) is 5.56 Å². The van der Waals surface area contributed by atoms with Gasteiger partial charge in [-0.2, -0.15) is 0 Å². The van der Waals surface area contributed by atoms with E-state index in [2.05, 4.69) is 26.6 Å². The lowest BCUT2D eigenvalue weighted by Gasteiger charge is -2.27. The third-order valence-electron chi connectivity index (χ3n) is 3.13. The quantitative estimate of drug-likeness (QED) is 0.686. The molecule has 0 spiro atoms. The summed E-state index contributed by atoms with van der Waals surface area (Å²) in [7, 11) is 0. The van der Waals surface area contributed by atoms with Crippen LogP contribution in [0.3, 0.4) is 0 Å². The van der Waals surface area contributed by atoms with E-state index >= 15 is 0 Å². The second-order valence-electron chi connectivity index (χ2n) is 4.45. The highest BCUT2D eigenvalue weighted by Gasteiger charge is 2.07. The second-order valence-corrected chi connectivity index (χ2v) is 4.45. The van der Waals surface area contributed by atoms with Crippen LogP contribution >= 0.6 is 0 Å². The van der Waals surface area contributed by atoms with E-state index in [1.165, 1.54) is 18.7 Å². The van der Waals surface area contributed by atoms with Crippen molar-refractivity contribution in [3.05, 3.63) is 30.1 Å². The summed E-state index contributed by atoms with van der Waals surface area (Å²) in [6.45, 7) is 7.92. The minimum absolute atomic E-state index is 1.04. The minimum Gasteiger partial charge on any atom is -0.315 e. The molecule has 17 heavy (non-hydrogen) atoms. The van der Waals surface area contributed by atoms with Gasteiger partial charge in [-0.3, -0.25) is 9.88 Å². The molecular formula is C13H22N4. The van der Waals surface area contributed by atoms with Gasteiger partial charge in [0.1, 0.15) is 0 Å². The first-order chi connectivity index (χ1) is 8.45. The van der Waals surface area contributed by atoms with Crippen LogP contribution in [-0.2, 0) is 6.42 Å². The van der Waals surface area contributed by atoms with E-state index in [1.807, 2.05) is 18.5 Å². The lowest BCUT2D eigenvalue weighted by atomic mass is 10.2. The summed E-state index contributed by atoms with van der Waals surface area (Å²) in [5.41, 5.74) is 1.31. The summed E-state index contributed by atoms with van der Waals surface area (Å²) in [5, 5.41) is 6.86. The van der Waals surface area contributed by atoms with Gasteiger partial charge >= 0.3 is 0 Å². The molecule has 1 saturated heterocycles. The molecule has 94 valence electrons. The van der Waals surface area contributed by atoms with E-state index in [0.29, 0.717) is 0 Å². The maximum atomic E-state index is 4.11. The highest BCUT2D eigenvalue weighted by Crippen LogP contribution is 1.95. The Labute approximate surface area is 103 Å². The molecule has 1 fully saturated rings. The first-order valence-corrected chi connectivity index (χ1v) is 6.48. The van der Waals surface area contributed by atoms with Gasteiger partial charge < -0.3 is 10.6 Å². The summed E-state index contributed by atoms with van der Waals surface area (Å²) in [5.74, 6) is 0. The zero-order chi connectivity index (χ0) is 11.8. The van der Waals surface area contributed by atoms with Crippen molar-refractivity contribution in [3.63, 3.8) is 0 Å². The molecule has 0 bridgehead atoms. The number of piperazine rings is 1. The Balaban J connectivity index is 1.51. The molecule has 1 aromatic rings. The largest absolute Gasteiger partial charge is 0.315 e. The topological polar surface area (TPSA) is 40.2 Å². The zero-order valence-electron chi connectivity index (χ0n) is 10.4. The molecule has 2 heterocycles. The van der Waals surface area contributed by atoms with Gasteiger partial charge in [-0.1, -0.05) is 6.07 Å². The number of hydrogen-bond acceptors (Lipinski definition) is 4. The predicted molar refractivity (Wildman–Crippen MR) is 70.1 cm³/mol. The maximum absolute atomic E-state index is 4.11. The van der Waals surface area contributed by atoms with Crippen molar-refractivity contribution >= 4 is 0 Å². The van der Waals surface area contributed by atoms with Crippen molar-refractivity contribution in [1.29, 1.82) is 0 Å². The predicted octanol–water partition coefficient (Wildman–Crippen LogP) is 0.119. The number of nitrogens with one attached hydrogen (secondary N) is 2. The lowest BCUT2D eigenvalue weighted by Crippen LogP contribution is -2.45. The lowest BCUT2D eigenvalue weighted by molar-refractivity contribution is 0.241. The van der Waals surface area contributed by atoms with Crippen molar-refractivity contribution in [2.75, 3.05) is 45.8 Å². The van der Waals surface area contributed by atoms with E-state index in [-0.39, 0.29) is 0 Å². The fourth-order valence-corrected chi connectivity index (χ4v) is 2.08. The normalized spacial score (nSPS) is 17.2. The summed E-state index contributed by atoms with van der Waals surface area (Å²) >= 11 is 0. The fourth-order valence-electron chi connectivity index (χ4n) is 2.08. The molecule has 2 rings (SSSR count). The molecule has 1 aliphatic heterocycles. The number of aromatic nitrogens is 1. The molecule has 0 aromatic carbocycles. The van der Waals surface area contributed by atoms with Gasteiger partial charge in [0.2, 0.25) is 0 Å². The number of pyridine rings is 1. The molecule has 0 unspecified atom stereocenters. The van der Waals surface area contributed by atoms with Crippen molar-refractivity contribution in [2.24, 2.45) is 0 Å². The zero-order valence-corrected chi connectivity index (χ0v) is 10.4. The van der Waals surface area contributed by atoms with Gasteiger partial charge in [-0.15, -0.1) is 0 Å². The van der Waals surface area contributed by atoms with E-state index in [4.69, 9.17) is 0 Å². The molecule has 2 N–H and O–H groups in total. The maximum Gasteiger partial charge on any atom is 0.0300 e. The summed E-state index contributed by atoms with van der Waals surface area (Å²) in [6.07, 6.45) is 4.83. The highest BCUT2D eigenvalue weighted by molar-refractivity contribution is 5.08. The molecule has 0 radical (unpaired) electrons. The van der Waals surface area contributed by atoms with Crippen LogP contribution in [0.15, 0.2) is 24.5 Å². The van der Waals surface area contributed by atoms with Crippen LogP contribution < -0.4 is 10.6 Å². The van der Waals surface area contributed by atoms with Gasteiger partial charge in [0, 0.05) is 51.7 Å². The number of hydrogen-bond donors (Lipinski definition) is 2. The number of rotatable bonds is 6. The Morgan fingerprint density at radius 3 is 2.94 bits per heavy atom. The Morgan fingerprint density at radius 1 is 1.29 bits per heavy atom. The molecule has 4 nitrogen and oxygen atoms in total. The van der Waals surface area contributed by atoms with Crippen LogP contribution in [0.25, 0.3) is 0 Å². The monoisotopic (exact) mass is 234 g/mol. The van der Waals surface area contributed by atoms with Crippen LogP contribution in [0.4, 0.5) is 0 Å². The molecule has 0 aliphatic carbocycles. The molecule has 1 aliphatic rings. The van der Waals surface area contributed by atoms with Gasteiger partial charge in [0.15, 0.2) is 0 Å². The van der Waals surface area contributed by atoms with Gasteiger partial charge in [0.25, 0.3) is 0 Å². The smallest absolute Gasteiger partial charge is 0.0300 e. The summed E-state index contributed by atoms with van der Waals surface area (Å²) in [6, 6.07) is 4.13. The molecular weight excluding hydrogens is 212 g/mol. The van der Waals surface area contributed by atoms with E-state index in [0.717, 1.165) is 39.1 Å². The van der Waals surface area contributed by atoms with E-state index < -0.39 is 0 Å². The summed E-state index contributed by atoms with van der Waals surface area (Å²) in [4.78, 5) is 6.62. The van der Waals surface area contributed by atoms with E-state index in [1.54, 1.807) is 0 Å². The summed E-state index contributed by atoms with van der Waals surface area (Å²) < 4.78 is 0. The van der Waals surface area contributed by atoms with E-state index in [9.17, 15) is 0 Å². The number of nitrogens with zero attached hydrogens (tertiary/aromatic N) is 2. The van der Waals surface area contributed by atoms with Crippen LogP contribution in [-0.4, -0.2) is 55.7 Å². The minimum atomic E-state index is 1.04. The Bertz CT molecular complexity index is 296. The Hall–Kier alpha value is -0.970. The van der Waals surface area contributed by atoms with Crippen LogP contribution in [0, 0.1) is 0 Å². The van der Waals surface area contributed by atoms with Crippen LogP contribution in [0.5, 0.6) is 0 Å². The third kappa shape index (κ3) is 4.81. The van der Waals surface area contributed by atoms with Gasteiger partial charge in [-0.05, 0) is 24.6 Å². The molecule has 0 amide bonds. The van der Waals surface area contributed by atoms with Crippen molar-refractivity contribution in [1.82, 2.24) is 20.5 Å². The van der Waals surface area contributed by atoms with Crippen LogP contribution in [0.2, 0.25) is 0 Å². The average Bonchev–Trinajstić information content (AvgIpc) is 2.41. The Morgan fingerprint density at radius 2 is 2.18 bits per heavy atom. The highest BCUT2D eigenvalue weighted by atomic mass is 15.2. The third-order valence-corrected chi connectivity index (χ3v) is 3.13.